The largest absolute Gasteiger partial charge is 0.465 e. The Kier molecular flexibility index (Phi) is 5.57. The van der Waals surface area contributed by atoms with Crippen molar-refractivity contribution in [3.05, 3.63) is 23.0 Å². The second-order valence-electron chi connectivity index (χ2n) is 3.55. The van der Waals surface area contributed by atoms with Crippen LogP contribution in [0.3, 0.4) is 0 Å². The number of carbonyl (C=O) groups excluding carboxylic acids is 2. The normalized spacial score (nSPS) is 10.3. The van der Waals surface area contributed by atoms with E-state index in [9.17, 15) is 9.59 Å². The van der Waals surface area contributed by atoms with Crippen molar-refractivity contribution in [1.82, 2.24) is 4.98 Å². The van der Waals surface area contributed by atoms with E-state index in [4.69, 9.17) is 26.8 Å². The van der Waals surface area contributed by atoms with Gasteiger partial charge < -0.3 is 15.2 Å². The lowest BCUT2D eigenvalue weighted by Gasteiger charge is -2.15. The average Bonchev–Trinajstić information content (AvgIpc) is 2.34. The van der Waals surface area contributed by atoms with Gasteiger partial charge in [0.25, 0.3) is 0 Å². The Morgan fingerprint density at radius 2 is 1.79 bits per heavy atom. The summed E-state index contributed by atoms with van der Waals surface area (Å²) in [5, 5.41) is 0.128. The Bertz CT molecular complexity index is 461. The molecule has 2 N–H and O–H groups in total. The number of anilines is 1. The van der Waals surface area contributed by atoms with E-state index in [1.54, 1.807) is 13.8 Å². The van der Waals surface area contributed by atoms with Crippen LogP contribution in [0.15, 0.2) is 12.1 Å². The fourth-order valence-corrected chi connectivity index (χ4v) is 1.62. The molecule has 1 rings (SSSR count). The minimum absolute atomic E-state index is 0.0457. The maximum absolute atomic E-state index is 11.9. The molecule has 0 aliphatic carbocycles. The molecule has 0 fully saturated rings. The predicted octanol–water partition coefficient (Wildman–Crippen LogP) is 1.53. The number of hydrogen-bond acceptors (Lipinski definition) is 6. The number of nitrogens with zero attached hydrogens (tertiary/aromatic N) is 1. The summed E-state index contributed by atoms with van der Waals surface area (Å²) in [6, 6.07) is 2.93. The first-order valence-electron chi connectivity index (χ1n) is 5.76. The van der Waals surface area contributed by atoms with Gasteiger partial charge in [0.05, 0.1) is 24.6 Å². The maximum Gasteiger partial charge on any atom is 0.326 e. The van der Waals surface area contributed by atoms with Crippen molar-refractivity contribution in [2.24, 2.45) is 0 Å². The van der Waals surface area contributed by atoms with Crippen molar-refractivity contribution in [3.63, 3.8) is 0 Å². The summed E-state index contributed by atoms with van der Waals surface area (Å²) in [7, 11) is 0. The molecule has 19 heavy (non-hydrogen) atoms. The topological polar surface area (TPSA) is 91.5 Å². The number of carbonyl (C=O) groups is 2. The molecule has 0 bridgehead atoms. The molecule has 1 heterocycles. The highest BCUT2D eigenvalue weighted by Crippen LogP contribution is 2.25. The monoisotopic (exact) mass is 286 g/mol. The Labute approximate surface area is 115 Å². The number of nitrogens with two attached hydrogens (primary N) is 1. The summed E-state index contributed by atoms with van der Waals surface area (Å²) < 4.78 is 9.68. The highest BCUT2D eigenvalue weighted by Gasteiger charge is 2.34. The van der Waals surface area contributed by atoms with Crippen LogP contribution in [0.1, 0.15) is 25.5 Å². The van der Waals surface area contributed by atoms with Crippen molar-refractivity contribution in [2.75, 3.05) is 18.9 Å². The van der Waals surface area contributed by atoms with Gasteiger partial charge in [-0.15, -0.1) is 0 Å². The summed E-state index contributed by atoms with van der Waals surface area (Å²) in [4.78, 5) is 27.6. The van der Waals surface area contributed by atoms with E-state index in [1.165, 1.54) is 12.1 Å². The van der Waals surface area contributed by atoms with Crippen molar-refractivity contribution < 1.29 is 19.1 Å². The zero-order chi connectivity index (χ0) is 14.4. The summed E-state index contributed by atoms with van der Waals surface area (Å²) >= 11 is 5.75. The number of rotatable bonds is 5. The van der Waals surface area contributed by atoms with Crippen LogP contribution >= 0.6 is 11.6 Å². The van der Waals surface area contributed by atoms with Gasteiger partial charge in [0, 0.05) is 0 Å². The Hall–Kier alpha value is -1.82. The van der Waals surface area contributed by atoms with E-state index >= 15 is 0 Å². The third kappa shape index (κ3) is 3.82. The maximum atomic E-state index is 11.9. The lowest BCUT2D eigenvalue weighted by Crippen LogP contribution is -2.28. The molecule has 0 unspecified atom stereocenters. The molecule has 1 aromatic rings. The Balaban J connectivity index is 3.18. The quantitative estimate of drug-likeness (QED) is 0.501. The summed E-state index contributed by atoms with van der Waals surface area (Å²) in [5.74, 6) is -2.84. The van der Waals surface area contributed by atoms with Crippen LogP contribution in [0, 0.1) is 0 Å². The van der Waals surface area contributed by atoms with Crippen LogP contribution in [0.4, 0.5) is 5.69 Å². The fraction of sp³-hybridized carbons (Fsp3) is 0.417. The van der Waals surface area contributed by atoms with Gasteiger partial charge >= 0.3 is 11.9 Å². The average molecular weight is 287 g/mol. The van der Waals surface area contributed by atoms with Gasteiger partial charge in [-0.1, -0.05) is 11.6 Å². The van der Waals surface area contributed by atoms with E-state index in [-0.39, 0.29) is 29.7 Å². The highest BCUT2D eigenvalue weighted by atomic mass is 35.5. The van der Waals surface area contributed by atoms with Crippen molar-refractivity contribution in [2.45, 2.75) is 19.8 Å². The van der Waals surface area contributed by atoms with E-state index in [0.717, 1.165) is 0 Å². The molecular weight excluding hydrogens is 272 g/mol. The molecule has 0 saturated heterocycles. The van der Waals surface area contributed by atoms with Crippen molar-refractivity contribution in [3.8, 4) is 0 Å². The summed E-state index contributed by atoms with van der Waals surface area (Å²) in [6.45, 7) is 3.54. The van der Waals surface area contributed by atoms with E-state index in [1.807, 2.05) is 0 Å². The molecule has 1 aromatic heterocycles. The first-order chi connectivity index (χ1) is 9.01. The smallest absolute Gasteiger partial charge is 0.326 e. The van der Waals surface area contributed by atoms with Gasteiger partial charge in [0.15, 0.2) is 5.92 Å². The molecule has 6 nitrogen and oxygen atoms in total. The van der Waals surface area contributed by atoms with Crippen LogP contribution in [0.5, 0.6) is 0 Å². The molecule has 0 aliphatic heterocycles. The van der Waals surface area contributed by atoms with Crippen LogP contribution in [0.25, 0.3) is 0 Å². The van der Waals surface area contributed by atoms with Gasteiger partial charge in [-0.25, -0.2) is 4.98 Å². The third-order valence-electron chi connectivity index (χ3n) is 2.24. The van der Waals surface area contributed by atoms with Crippen LogP contribution in [-0.2, 0) is 19.1 Å². The van der Waals surface area contributed by atoms with Gasteiger partial charge in [-0.3, -0.25) is 9.59 Å². The minimum Gasteiger partial charge on any atom is -0.465 e. The summed E-state index contributed by atoms with van der Waals surface area (Å²) in [6.07, 6.45) is 0. The molecule has 0 radical (unpaired) electrons. The number of pyridine rings is 1. The molecule has 0 aromatic carbocycles. The number of nitrogen functional groups attached to an aromatic ring is 1. The molecule has 0 aliphatic rings. The number of aromatic nitrogens is 1. The molecule has 0 atom stereocenters. The molecular formula is C12H15ClN2O4. The summed E-state index contributed by atoms with van der Waals surface area (Å²) in [5.41, 5.74) is 5.94. The van der Waals surface area contributed by atoms with Crippen LogP contribution < -0.4 is 5.73 Å². The lowest BCUT2D eigenvalue weighted by molar-refractivity contribution is -0.157. The molecule has 7 heteroatoms. The van der Waals surface area contributed by atoms with Crippen LogP contribution in [0.2, 0.25) is 5.15 Å². The fourth-order valence-electron chi connectivity index (χ4n) is 1.46. The van der Waals surface area contributed by atoms with Crippen molar-refractivity contribution in [1.29, 1.82) is 0 Å². The van der Waals surface area contributed by atoms with Crippen molar-refractivity contribution >= 4 is 29.2 Å². The number of hydrogen-bond donors (Lipinski definition) is 1. The molecule has 0 saturated carbocycles. The highest BCUT2D eigenvalue weighted by molar-refractivity contribution is 6.29. The number of esters is 2. The zero-order valence-electron chi connectivity index (χ0n) is 10.7. The lowest BCUT2D eigenvalue weighted by atomic mass is 10.0. The first kappa shape index (κ1) is 15.2. The van der Waals surface area contributed by atoms with Gasteiger partial charge in [0.2, 0.25) is 0 Å². The SMILES string of the molecule is CCOC(=O)C(C(=O)OCC)c1nc(Cl)ccc1N. The molecule has 0 spiro atoms. The van der Waals surface area contributed by atoms with E-state index < -0.39 is 17.9 Å². The first-order valence-corrected chi connectivity index (χ1v) is 6.14. The van der Waals surface area contributed by atoms with E-state index in [0.29, 0.717) is 0 Å². The molecule has 0 amide bonds. The zero-order valence-corrected chi connectivity index (χ0v) is 11.4. The second-order valence-corrected chi connectivity index (χ2v) is 3.93. The Morgan fingerprint density at radius 1 is 1.26 bits per heavy atom. The van der Waals surface area contributed by atoms with Gasteiger partial charge in [-0.2, -0.15) is 0 Å². The number of halogens is 1. The predicted molar refractivity (Wildman–Crippen MR) is 69.7 cm³/mol. The van der Waals surface area contributed by atoms with Gasteiger partial charge in [0.1, 0.15) is 5.15 Å². The van der Waals surface area contributed by atoms with E-state index in [2.05, 4.69) is 4.98 Å². The van der Waals surface area contributed by atoms with Crippen LogP contribution in [-0.4, -0.2) is 30.1 Å². The molecule has 104 valence electrons. The Morgan fingerprint density at radius 3 is 2.26 bits per heavy atom. The standard InChI is InChI=1S/C12H15ClN2O4/c1-3-18-11(16)9(12(17)19-4-2)10-7(14)5-6-8(13)15-10/h5-6,9H,3-4,14H2,1-2H3. The third-order valence-corrected chi connectivity index (χ3v) is 2.45. The van der Waals surface area contributed by atoms with Gasteiger partial charge in [-0.05, 0) is 26.0 Å². The second kappa shape index (κ2) is 6.94. The number of ether oxygens (including phenoxy) is 2. The minimum atomic E-state index is -1.32.